The van der Waals surface area contributed by atoms with Crippen molar-refractivity contribution in [1.82, 2.24) is 5.32 Å². The van der Waals surface area contributed by atoms with E-state index in [0.717, 1.165) is 62.4 Å². The van der Waals surface area contributed by atoms with E-state index in [4.69, 9.17) is 4.74 Å². The molecule has 0 unspecified atom stereocenters. The number of esters is 1. The van der Waals surface area contributed by atoms with E-state index in [9.17, 15) is 4.79 Å². The molecular formula is C19H30N2O2. The summed E-state index contributed by atoms with van der Waals surface area (Å²) in [4.78, 5) is 17.0. The van der Waals surface area contributed by atoms with Gasteiger partial charge in [0.15, 0.2) is 0 Å². The number of carbonyl (C=O) groups is 1. The van der Waals surface area contributed by atoms with Crippen LogP contribution in [0.3, 0.4) is 0 Å². The van der Waals surface area contributed by atoms with Crippen molar-refractivity contribution in [3.8, 4) is 0 Å². The Labute approximate surface area is 139 Å². The van der Waals surface area contributed by atoms with Gasteiger partial charge in [-0.2, -0.15) is 0 Å². The third-order valence-corrected chi connectivity index (χ3v) is 6.58. The first-order valence-corrected chi connectivity index (χ1v) is 9.45. The van der Waals surface area contributed by atoms with E-state index >= 15 is 0 Å². The second-order valence-corrected chi connectivity index (χ2v) is 9.12. The Morgan fingerprint density at radius 1 is 1.22 bits per heavy atom. The summed E-state index contributed by atoms with van der Waals surface area (Å²) >= 11 is 0. The molecule has 4 aliphatic carbocycles. The molecule has 0 atom stereocenters. The van der Waals surface area contributed by atoms with E-state index in [-0.39, 0.29) is 17.0 Å². The first kappa shape index (κ1) is 15.5. The van der Waals surface area contributed by atoms with Crippen molar-refractivity contribution in [3.63, 3.8) is 0 Å². The monoisotopic (exact) mass is 318 g/mol. The van der Waals surface area contributed by atoms with Crippen LogP contribution in [0, 0.1) is 23.2 Å². The molecule has 0 aromatic rings. The molecular weight excluding hydrogens is 288 g/mol. The maximum absolute atomic E-state index is 12.5. The third-order valence-electron chi connectivity index (χ3n) is 6.58. The summed E-state index contributed by atoms with van der Waals surface area (Å²) in [5.74, 6) is 3.53. The van der Waals surface area contributed by atoms with Crippen molar-refractivity contribution in [2.75, 3.05) is 13.1 Å². The SMILES string of the molecule is CC(C)(CCC(=O)OC12CC3CC(CC(C3)C1)C2)C1=NCCN1. The zero-order chi connectivity index (χ0) is 16.1. The molecule has 1 N–H and O–H groups in total. The fraction of sp³-hybridized carbons (Fsp3) is 0.895. The summed E-state index contributed by atoms with van der Waals surface area (Å²) in [6, 6.07) is 0. The minimum absolute atomic E-state index is 0.0126. The third kappa shape index (κ3) is 3.01. The van der Waals surface area contributed by atoms with E-state index in [2.05, 4.69) is 24.2 Å². The number of rotatable bonds is 5. The van der Waals surface area contributed by atoms with Gasteiger partial charge in [-0.3, -0.25) is 9.79 Å². The first-order chi connectivity index (χ1) is 10.9. The van der Waals surface area contributed by atoms with Crippen LogP contribution in [0.25, 0.3) is 0 Å². The Kier molecular flexibility index (Phi) is 3.69. The van der Waals surface area contributed by atoms with Crippen molar-refractivity contribution >= 4 is 11.8 Å². The zero-order valence-electron chi connectivity index (χ0n) is 14.6. The molecule has 23 heavy (non-hydrogen) atoms. The van der Waals surface area contributed by atoms with Crippen LogP contribution >= 0.6 is 0 Å². The molecule has 0 radical (unpaired) electrons. The van der Waals surface area contributed by atoms with Gasteiger partial charge in [-0.25, -0.2) is 0 Å². The first-order valence-electron chi connectivity index (χ1n) is 9.45. The van der Waals surface area contributed by atoms with E-state index < -0.39 is 0 Å². The van der Waals surface area contributed by atoms with Crippen molar-refractivity contribution in [2.24, 2.45) is 28.2 Å². The number of hydrogen-bond donors (Lipinski definition) is 1. The highest BCUT2D eigenvalue weighted by Gasteiger charge is 2.53. The molecule has 4 saturated carbocycles. The van der Waals surface area contributed by atoms with Crippen molar-refractivity contribution in [3.05, 3.63) is 0 Å². The maximum Gasteiger partial charge on any atom is 0.306 e. The van der Waals surface area contributed by atoms with Gasteiger partial charge < -0.3 is 10.1 Å². The molecule has 1 aliphatic heterocycles. The van der Waals surface area contributed by atoms with Crippen LogP contribution in [0.15, 0.2) is 4.99 Å². The maximum atomic E-state index is 12.5. The molecule has 4 nitrogen and oxygen atoms in total. The second kappa shape index (κ2) is 5.49. The molecule has 0 saturated heterocycles. The largest absolute Gasteiger partial charge is 0.459 e. The van der Waals surface area contributed by atoms with E-state index in [1.807, 2.05) is 0 Å². The zero-order valence-corrected chi connectivity index (χ0v) is 14.6. The molecule has 4 bridgehead atoms. The van der Waals surface area contributed by atoms with Crippen LogP contribution in [0.1, 0.15) is 65.2 Å². The van der Waals surface area contributed by atoms with Gasteiger partial charge >= 0.3 is 5.97 Å². The predicted octanol–water partition coefficient (Wildman–Crippen LogP) is 3.31. The van der Waals surface area contributed by atoms with Crippen LogP contribution < -0.4 is 5.32 Å². The highest BCUT2D eigenvalue weighted by molar-refractivity contribution is 5.89. The Balaban J connectivity index is 1.33. The molecule has 5 aliphatic rings. The lowest BCUT2D eigenvalue weighted by Crippen LogP contribution is -2.52. The molecule has 0 spiro atoms. The smallest absolute Gasteiger partial charge is 0.306 e. The van der Waals surface area contributed by atoms with Gasteiger partial charge in [-0.05, 0) is 62.7 Å². The van der Waals surface area contributed by atoms with Crippen molar-refractivity contribution in [2.45, 2.75) is 70.8 Å². The van der Waals surface area contributed by atoms with Gasteiger partial charge in [0.05, 0.1) is 6.54 Å². The van der Waals surface area contributed by atoms with Gasteiger partial charge in [-0.15, -0.1) is 0 Å². The Bertz CT molecular complexity index is 488. The minimum atomic E-state index is -0.0981. The number of hydrogen-bond acceptors (Lipinski definition) is 4. The molecule has 4 heteroatoms. The number of nitrogens with zero attached hydrogens (tertiary/aromatic N) is 1. The second-order valence-electron chi connectivity index (χ2n) is 9.12. The van der Waals surface area contributed by atoms with Gasteiger partial charge in [-0.1, -0.05) is 13.8 Å². The molecule has 0 aromatic carbocycles. The Hall–Kier alpha value is -1.06. The fourth-order valence-corrected chi connectivity index (χ4v) is 5.83. The summed E-state index contributed by atoms with van der Waals surface area (Å²) in [7, 11) is 0. The van der Waals surface area contributed by atoms with Crippen LogP contribution in [-0.4, -0.2) is 30.5 Å². The van der Waals surface area contributed by atoms with Crippen LogP contribution in [0.4, 0.5) is 0 Å². The lowest BCUT2D eigenvalue weighted by molar-refractivity contribution is -0.186. The summed E-state index contributed by atoms with van der Waals surface area (Å²) in [5.41, 5.74) is -0.157. The lowest BCUT2D eigenvalue weighted by Gasteiger charge is -2.55. The number of nitrogens with one attached hydrogen (secondary N) is 1. The van der Waals surface area contributed by atoms with Crippen LogP contribution in [0.2, 0.25) is 0 Å². The summed E-state index contributed by atoms with van der Waals surface area (Å²) in [6.07, 6.45) is 8.85. The van der Waals surface area contributed by atoms with Gasteiger partial charge in [0.2, 0.25) is 0 Å². The predicted molar refractivity (Wildman–Crippen MR) is 90.3 cm³/mol. The minimum Gasteiger partial charge on any atom is -0.459 e. The average Bonchev–Trinajstić information content (AvgIpc) is 2.98. The van der Waals surface area contributed by atoms with Gasteiger partial charge in [0, 0.05) is 18.4 Å². The molecule has 1 heterocycles. The topological polar surface area (TPSA) is 50.7 Å². The van der Waals surface area contributed by atoms with Crippen molar-refractivity contribution in [1.29, 1.82) is 0 Å². The Morgan fingerprint density at radius 2 is 1.83 bits per heavy atom. The normalized spacial score (nSPS) is 38.3. The molecule has 5 rings (SSSR count). The van der Waals surface area contributed by atoms with Crippen molar-refractivity contribution < 1.29 is 9.53 Å². The quantitative estimate of drug-likeness (QED) is 0.791. The van der Waals surface area contributed by atoms with E-state index in [0.29, 0.717) is 6.42 Å². The average molecular weight is 318 g/mol. The summed E-state index contributed by atoms with van der Waals surface area (Å²) in [5, 5.41) is 3.35. The summed E-state index contributed by atoms with van der Waals surface area (Å²) < 4.78 is 6.11. The summed E-state index contributed by atoms with van der Waals surface area (Å²) in [6.45, 7) is 6.12. The number of aliphatic imine (C=N–C) groups is 1. The number of ether oxygens (including phenoxy) is 1. The standard InChI is InChI=1S/C19H30N2O2/c1-18(2,17-20-5-6-21-17)4-3-16(22)23-19-10-13-7-14(11-19)9-15(8-13)12-19/h13-15H,3-12H2,1-2H3,(H,20,21). The number of amidine groups is 1. The Morgan fingerprint density at radius 3 is 2.35 bits per heavy atom. The van der Waals surface area contributed by atoms with Crippen LogP contribution in [0.5, 0.6) is 0 Å². The molecule has 4 fully saturated rings. The highest BCUT2D eigenvalue weighted by Crippen LogP contribution is 2.57. The molecule has 0 amide bonds. The lowest BCUT2D eigenvalue weighted by atomic mass is 9.54. The van der Waals surface area contributed by atoms with E-state index in [1.165, 1.54) is 19.3 Å². The van der Waals surface area contributed by atoms with Gasteiger partial charge in [0.25, 0.3) is 0 Å². The molecule has 0 aromatic heterocycles. The van der Waals surface area contributed by atoms with E-state index in [1.54, 1.807) is 0 Å². The van der Waals surface area contributed by atoms with Gasteiger partial charge in [0.1, 0.15) is 11.4 Å². The fourth-order valence-electron chi connectivity index (χ4n) is 5.83. The number of carbonyl (C=O) groups excluding carboxylic acids is 1. The molecule has 128 valence electrons. The van der Waals surface area contributed by atoms with Crippen LogP contribution in [-0.2, 0) is 9.53 Å². The highest BCUT2D eigenvalue weighted by atomic mass is 16.6.